The summed E-state index contributed by atoms with van der Waals surface area (Å²) in [5, 5.41) is 10.1. The first kappa shape index (κ1) is 11.6. The Kier molecular flexibility index (Phi) is 3.97. The number of rotatable bonds is 3. The fourth-order valence-corrected chi connectivity index (χ4v) is 2.87. The molecule has 1 aliphatic carbocycles. The summed E-state index contributed by atoms with van der Waals surface area (Å²) in [4.78, 5) is 0. The molecule has 0 radical (unpaired) electrons. The number of benzene rings is 1. The lowest BCUT2D eigenvalue weighted by atomic mass is 9.75. The van der Waals surface area contributed by atoms with Crippen molar-refractivity contribution >= 4 is 0 Å². The van der Waals surface area contributed by atoms with E-state index in [1.165, 1.54) is 12.0 Å². The second kappa shape index (κ2) is 5.46. The van der Waals surface area contributed by atoms with Crippen LogP contribution in [0.4, 0.5) is 0 Å². The van der Waals surface area contributed by atoms with Crippen molar-refractivity contribution in [2.45, 2.75) is 37.7 Å². The number of hydrogen-bond acceptors (Lipinski definition) is 2. The summed E-state index contributed by atoms with van der Waals surface area (Å²) >= 11 is 0. The summed E-state index contributed by atoms with van der Waals surface area (Å²) < 4.78 is 0. The largest absolute Gasteiger partial charge is 0.393 e. The molecule has 3 N–H and O–H groups in total. The first-order valence-electron chi connectivity index (χ1n) is 6.26. The molecule has 1 aromatic carbocycles. The third-order valence-corrected chi connectivity index (χ3v) is 3.78. The topological polar surface area (TPSA) is 46.2 Å². The van der Waals surface area contributed by atoms with Crippen LogP contribution in [0.3, 0.4) is 0 Å². The Bertz CT molecular complexity index is 312. The molecule has 0 spiro atoms. The zero-order valence-corrected chi connectivity index (χ0v) is 9.68. The summed E-state index contributed by atoms with van der Waals surface area (Å²) in [5.41, 5.74) is 7.16. The van der Waals surface area contributed by atoms with E-state index in [9.17, 15) is 5.11 Å². The van der Waals surface area contributed by atoms with Gasteiger partial charge in [-0.2, -0.15) is 0 Å². The first-order chi connectivity index (χ1) is 7.83. The van der Waals surface area contributed by atoms with Gasteiger partial charge in [-0.05, 0) is 30.9 Å². The molecule has 3 atom stereocenters. The molecule has 0 amide bonds. The van der Waals surface area contributed by atoms with Crippen LogP contribution < -0.4 is 5.73 Å². The molecule has 88 valence electrons. The van der Waals surface area contributed by atoms with E-state index < -0.39 is 0 Å². The van der Waals surface area contributed by atoms with E-state index in [0.29, 0.717) is 18.4 Å². The first-order valence-corrected chi connectivity index (χ1v) is 6.26. The van der Waals surface area contributed by atoms with Crippen LogP contribution in [0.1, 0.15) is 37.2 Å². The van der Waals surface area contributed by atoms with Gasteiger partial charge >= 0.3 is 0 Å². The summed E-state index contributed by atoms with van der Waals surface area (Å²) in [6, 6.07) is 10.4. The van der Waals surface area contributed by atoms with Gasteiger partial charge in [-0.25, -0.2) is 0 Å². The highest BCUT2D eigenvalue weighted by Gasteiger charge is 2.30. The quantitative estimate of drug-likeness (QED) is 0.819. The van der Waals surface area contributed by atoms with E-state index in [0.717, 1.165) is 19.3 Å². The van der Waals surface area contributed by atoms with E-state index in [1.807, 2.05) is 18.2 Å². The molecule has 0 aliphatic heterocycles. The lowest BCUT2D eigenvalue weighted by Crippen LogP contribution is -2.33. The maximum Gasteiger partial charge on any atom is 0.0574 e. The molecule has 2 nitrogen and oxygen atoms in total. The minimum atomic E-state index is -0.164. The fourth-order valence-electron chi connectivity index (χ4n) is 2.87. The van der Waals surface area contributed by atoms with Crippen LogP contribution in [0.5, 0.6) is 0 Å². The van der Waals surface area contributed by atoms with E-state index >= 15 is 0 Å². The number of hydrogen-bond donors (Lipinski definition) is 2. The minimum absolute atomic E-state index is 0.164. The fraction of sp³-hybridized carbons (Fsp3) is 0.571. The Morgan fingerprint density at radius 2 is 1.88 bits per heavy atom. The molecule has 2 rings (SSSR count). The van der Waals surface area contributed by atoms with Crippen molar-refractivity contribution in [1.82, 2.24) is 0 Å². The van der Waals surface area contributed by atoms with Gasteiger partial charge in [0.2, 0.25) is 0 Å². The van der Waals surface area contributed by atoms with Crippen molar-refractivity contribution in [1.29, 1.82) is 0 Å². The Labute approximate surface area is 97.5 Å². The van der Waals surface area contributed by atoms with Crippen molar-refractivity contribution in [3.63, 3.8) is 0 Å². The lowest BCUT2D eigenvalue weighted by molar-refractivity contribution is 0.0561. The molecule has 0 saturated heterocycles. The zero-order valence-electron chi connectivity index (χ0n) is 9.68. The molecule has 1 aliphatic rings. The summed E-state index contributed by atoms with van der Waals surface area (Å²) in [6.07, 6.45) is 4.27. The standard InChI is InChI=1S/C14H21NO/c15-10-13(11-6-2-1-3-7-11)12-8-4-5-9-14(12)16/h1-3,6-7,12-14,16H,4-5,8-10,15H2/t12-,13-,14-/m0/s1. The molecule has 0 bridgehead atoms. The molecular formula is C14H21NO. The van der Waals surface area contributed by atoms with Gasteiger partial charge in [0.1, 0.15) is 0 Å². The Morgan fingerprint density at radius 3 is 2.50 bits per heavy atom. The number of nitrogens with two attached hydrogens (primary N) is 1. The van der Waals surface area contributed by atoms with Crippen LogP contribution >= 0.6 is 0 Å². The molecule has 1 aromatic rings. The predicted molar refractivity (Wildman–Crippen MR) is 66.2 cm³/mol. The average molecular weight is 219 g/mol. The molecule has 2 heteroatoms. The van der Waals surface area contributed by atoms with Crippen LogP contribution in [0, 0.1) is 5.92 Å². The van der Waals surface area contributed by atoms with Gasteiger partial charge in [0.25, 0.3) is 0 Å². The van der Waals surface area contributed by atoms with E-state index in [-0.39, 0.29) is 6.10 Å². The highest BCUT2D eigenvalue weighted by Crippen LogP contribution is 2.35. The van der Waals surface area contributed by atoms with Gasteiger partial charge in [-0.1, -0.05) is 43.2 Å². The van der Waals surface area contributed by atoms with E-state index in [1.54, 1.807) is 0 Å². The normalized spacial score (nSPS) is 27.6. The third kappa shape index (κ3) is 2.45. The van der Waals surface area contributed by atoms with Gasteiger partial charge in [0.05, 0.1) is 6.10 Å². The van der Waals surface area contributed by atoms with Crippen LogP contribution in [-0.4, -0.2) is 17.8 Å². The molecule has 16 heavy (non-hydrogen) atoms. The highest BCUT2D eigenvalue weighted by atomic mass is 16.3. The third-order valence-electron chi connectivity index (χ3n) is 3.78. The Balaban J connectivity index is 2.15. The van der Waals surface area contributed by atoms with Crippen LogP contribution in [0.2, 0.25) is 0 Å². The Hall–Kier alpha value is -0.860. The van der Waals surface area contributed by atoms with Crippen LogP contribution in [0.25, 0.3) is 0 Å². The van der Waals surface area contributed by atoms with Gasteiger partial charge in [0.15, 0.2) is 0 Å². The maximum atomic E-state index is 10.1. The van der Waals surface area contributed by atoms with Crippen molar-refractivity contribution in [2.75, 3.05) is 6.54 Å². The van der Waals surface area contributed by atoms with Crippen LogP contribution in [-0.2, 0) is 0 Å². The van der Waals surface area contributed by atoms with Crippen molar-refractivity contribution in [2.24, 2.45) is 11.7 Å². The molecule has 1 fully saturated rings. The molecule has 0 heterocycles. The predicted octanol–water partition coefficient (Wildman–Crippen LogP) is 2.28. The summed E-state index contributed by atoms with van der Waals surface area (Å²) in [7, 11) is 0. The van der Waals surface area contributed by atoms with Gasteiger partial charge in [-0.15, -0.1) is 0 Å². The number of aliphatic hydroxyl groups is 1. The van der Waals surface area contributed by atoms with Crippen LogP contribution in [0.15, 0.2) is 30.3 Å². The minimum Gasteiger partial charge on any atom is -0.393 e. The molecule has 0 unspecified atom stereocenters. The maximum absolute atomic E-state index is 10.1. The average Bonchev–Trinajstić information content (AvgIpc) is 2.34. The van der Waals surface area contributed by atoms with Crippen molar-refractivity contribution in [3.8, 4) is 0 Å². The smallest absolute Gasteiger partial charge is 0.0574 e. The second-order valence-electron chi connectivity index (χ2n) is 4.77. The lowest BCUT2D eigenvalue weighted by Gasteiger charge is -2.34. The molecular weight excluding hydrogens is 198 g/mol. The second-order valence-corrected chi connectivity index (χ2v) is 4.77. The van der Waals surface area contributed by atoms with Gasteiger partial charge in [0, 0.05) is 5.92 Å². The summed E-state index contributed by atoms with van der Waals surface area (Å²) in [6.45, 7) is 0.631. The monoisotopic (exact) mass is 219 g/mol. The zero-order chi connectivity index (χ0) is 11.4. The SMILES string of the molecule is NC[C@@H](c1ccccc1)[C@@H]1CCCC[C@@H]1O. The van der Waals surface area contributed by atoms with Crippen molar-refractivity contribution in [3.05, 3.63) is 35.9 Å². The number of aliphatic hydroxyl groups excluding tert-OH is 1. The molecule has 0 aromatic heterocycles. The molecule has 1 saturated carbocycles. The van der Waals surface area contributed by atoms with Gasteiger partial charge in [-0.3, -0.25) is 0 Å². The van der Waals surface area contributed by atoms with E-state index in [2.05, 4.69) is 12.1 Å². The highest BCUT2D eigenvalue weighted by molar-refractivity contribution is 5.21. The van der Waals surface area contributed by atoms with E-state index in [4.69, 9.17) is 5.73 Å². The Morgan fingerprint density at radius 1 is 1.19 bits per heavy atom. The summed E-state index contributed by atoms with van der Waals surface area (Å²) in [5.74, 6) is 0.664. The van der Waals surface area contributed by atoms with Gasteiger partial charge < -0.3 is 10.8 Å². The van der Waals surface area contributed by atoms with Crippen molar-refractivity contribution < 1.29 is 5.11 Å².